The molecule has 0 aromatic heterocycles. The first-order valence-electron chi connectivity index (χ1n) is 5.29. The molecular formula is C14H12F2O. The van der Waals surface area contributed by atoms with Crippen LogP contribution < -0.4 is 4.74 Å². The average Bonchev–Trinajstić information content (AvgIpc) is 2.32. The highest BCUT2D eigenvalue weighted by Gasteiger charge is 2.05. The van der Waals surface area contributed by atoms with Crippen molar-refractivity contribution < 1.29 is 13.5 Å². The molecule has 0 aliphatic rings. The molecule has 3 heteroatoms. The van der Waals surface area contributed by atoms with Crippen molar-refractivity contribution in [2.75, 3.05) is 0 Å². The number of rotatable bonds is 3. The minimum atomic E-state index is -0.438. The predicted molar refractivity (Wildman–Crippen MR) is 61.9 cm³/mol. The molecule has 0 aliphatic carbocycles. The monoisotopic (exact) mass is 234 g/mol. The van der Waals surface area contributed by atoms with Crippen LogP contribution in [0.2, 0.25) is 0 Å². The van der Waals surface area contributed by atoms with Crippen molar-refractivity contribution in [3.8, 4) is 5.75 Å². The van der Waals surface area contributed by atoms with Gasteiger partial charge in [-0.3, -0.25) is 0 Å². The molecule has 0 spiro atoms. The van der Waals surface area contributed by atoms with Crippen LogP contribution in [0.1, 0.15) is 11.1 Å². The molecule has 2 rings (SSSR count). The molecule has 2 aromatic rings. The lowest BCUT2D eigenvalue weighted by atomic mass is 10.2. The zero-order valence-electron chi connectivity index (χ0n) is 9.41. The molecule has 0 N–H and O–H groups in total. The lowest BCUT2D eigenvalue weighted by Gasteiger charge is -2.08. The molecule has 0 unspecified atom stereocenters. The summed E-state index contributed by atoms with van der Waals surface area (Å²) >= 11 is 0. The molecule has 0 heterocycles. The van der Waals surface area contributed by atoms with E-state index in [0.717, 1.165) is 5.56 Å². The SMILES string of the molecule is Cc1ccc(F)c(OCc2ccccc2F)c1. The zero-order chi connectivity index (χ0) is 12.3. The lowest BCUT2D eigenvalue weighted by Crippen LogP contribution is -2.00. The fourth-order valence-corrected chi connectivity index (χ4v) is 1.49. The summed E-state index contributed by atoms with van der Waals surface area (Å²) in [7, 11) is 0. The van der Waals surface area contributed by atoms with Crippen LogP contribution in [0.5, 0.6) is 5.75 Å². The van der Waals surface area contributed by atoms with Gasteiger partial charge in [0.2, 0.25) is 0 Å². The van der Waals surface area contributed by atoms with Crippen LogP contribution in [-0.4, -0.2) is 0 Å². The van der Waals surface area contributed by atoms with Gasteiger partial charge in [-0.25, -0.2) is 8.78 Å². The number of aryl methyl sites for hydroxylation is 1. The van der Waals surface area contributed by atoms with E-state index in [1.54, 1.807) is 30.3 Å². The minimum Gasteiger partial charge on any atom is -0.486 e. The first-order valence-corrected chi connectivity index (χ1v) is 5.29. The Morgan fingerprint density at radius 2 is 1.76 bits per heavy atom. The maximum absolute atomic E-state index is 13.4. The van der Waals surface area contributed by atoms with Crippen molar-refractivity contribution in [1.82, 2.24) is 0 Å². The van der Waals surface area contributed by atoms with Crippen molar-refractivity contribution in [2.24, 2.45) is 0 Å². The van der Waals surface area contributed by atoms with Gasteiger partial charge in [-0.15, -0.1) is 0 Å². The van der Waals surface area contributed by atoms with Crippen molar-refractivity contribution in [3.63, 3.8) is 0 Å². The molecule has 0 amide bonds. The van der Waals surface area contributed by atoms with E-state index in [4.69, 9.17) is 4.74 Å². The molecule has 0 saturated heterocycles. The van der Waals surface area contributed by atoms with Gasteiger partial charge < -0.3 is 4.74 Å². The molecule has 0 fully saturated rings. The highest BCUT2D eigenvalue weighted by molar-refractivity contribution is 5.30. The smallest absolute Gasteiger partial charge is 0.165 e. The van der Waals surface area contributed by atoms with Gasteiger partial charge >= 0.3 is 0 Å². The highest BCUT2D eigenvalue weighted by atomic mass is 19.1. The van der Waals surface area contributed by atoms with Crippen molar-refractivity contribution in [2.45, 2.75) is 13.5 Å². The zero-order valence-corrected chi connectivity index (χ0v) is 9.41. The average molecular weight is 234 g/mol. The van der Waals surface area contributed by atoms with Gasteiger partial charge in [0.05, 0.1) is 0 Å². The Bertz CT molecular complexity index is 523. The standard InChI is InChI=1S/C14H12F2O/c1-10-6-7-13(16)14(8-10)17-9-11-4-2-3-5-12(11)15/h2-8H,9H2,1H3. The summed E-state index contributed by atoms with van der Waals surface area (Å²) in [6.07, 6.45) is 0. The summed E-state index contributed by atoms with van der Waals surface area (Å²) in [5, 5.41) is 0. The molecule has 1 nitrogen and oxygen atoms in total. The first kappa shape index (κ1) is 11.6. The van der Waals surface area contributed by atoms with E-state index in [1.807, 2.05) is 6.92 Å². The fraction of sp³-hybridized carbons (Fsp3) is 0.143. The fourth-order valence-electron chi connectivity index (χ4n) is 1.49. The Balaban J connectivity index is 2.12. The second-order valence-corrected chi connectivity index (χ2v) is 3.81. The number of ether oxygens (including phenoxy) is 1. The molecule has 88 valence electrons. The summed E-state index contributed by atoms with van der Waals surface area (Å²) in [5.74, 6) is -0.638. The molecule has 0 atom stereocenters. The van der Waals surface area contributed by atoms with E-state index >= 15 is 0 Å². The molecule has 17 heavy (non-hydrogen) atoms. The molecule has 0 bridgehead atoms. The van der Waals surface area contributed by atoms with E-state index in [0.29, 0.717) is 5.56 Å². The van der Waals surface area contributed by atoms with Crippen molar-refractivity contribution in [1.29, 1.82) is 0 Å². The van der Waals surface area contributed by atoms with Crippen LogP contribution in [0.15, 0.2) is 42.5 Å². The van der Waals surface area contributed by atoms with Crippen LogP contribution >= 0.6 is 0 Å². The molecular weight excluding hydrogens is 222 g/mol. The number of hydrogen-bond acceptors (Lipinski definition) is 1. The lowest BCUT2D eigenvalue weighted by molar-refractivity contribution is 0.284. The van der Waals surface area contributed by atoms with Crippen molar-refractivity contribution >= 4 is 0 Å². The molecule has 2 aromatic carbocycles. The van der Waals surface area contributed by atoms with Crippen molar-refractivity contribution in [3.05, 3.63) is 65.2 Å². The van der Waals surface area contributed by atoms with Gasteiger partial charge in [-0.2, -0.15) is 0 Å². The number of benzene rings is 2. The van der Waals surface area contributed by atoms with Gasteiger partial charge in [-0.05, 0) is 30.7 Å². The van der Waals surface area contributed by atoms with E-state index in [9.17, 15) is 8.78 Å². The summed E-state index contributed by atoms with van der Waals surface area (Å²) in [6.45, 7) is 1.86. The Labute approximate surface area is 98.7 Å². The normalized spacial score (nSPS) is 10.3. The third-order valence-electron chi connectivity index (χ3n) is 2.43. The Morgan fingerprint density at radius 3 is 2.53 bits per heavy atom. The van der Waals surface area contributed by atoms with Crippen LogP contribution in [-0.2, 0) is 6.61 Å². The van der Waals surface area contributed by atoms with Crippen LogP contribution in [0.3, 0.4) is 0 Å². The largest absolute Gasteiger partial charge is 0.486 e. The first-order chi connectivity index (χ1) is 8.16. The van der Waals surface area contributed by atoms with E-state index in [2.05, 4.69) is 0 Å². The second-order valence-electron chi connectivity index (χ2n) is 3.81. The highest BCUT2D eigenvalue weighted by Crippen LogP contribution is 2.20. The van der Waals surface area contributed by atoms with Gasteiger partial charge in [0.25, 0.3) is 0 Å². The van der Waals surface area contributed by atoms with E-state index in [-0.39, 0.29) is 18.2 Å². The molecule has 0 saturated carbocycles. The maximum atomic E-state index is 13.4. The topological polar surface area (TPSA) is 9.23 Å². The summed E-state index contributed by atoms with van der Waals surface area (Å²) in [6, 6.07) is 10.9. The molecule has 0 aliphatic heterocycles. The third kappa shape index (κ3) is 2.81. The van der Waals surface area contributed by atoms with Gasteiger partial charge in [0, 0.05) is 5.56 Å². The Kier molecular flexibility index (Phi) is 3.38. The number of hydrogen-bond donors (Lipinski definition) is 0. The minimum absolute atomic E-state index is 0.0209. The predicted octanol–water partition coefficient (Wildman–Crippen LogP) is 3.85. The second kappa shape index (κ2) is 4.95. The van der Waals surface area contributed by atoms with Gasteiger partial charge in [0.15, 0.2) is 11.6 Å². The Hall–Kier alpha value is -1.90. The van der Waals surface area contributed by atoms with E-state index < -0.39 is 5.82 Å². The molecule has 0 radical (unpaired) electrons. The van der Waals surface area contributed by atoms with Gasteiger partial charge in [0.1, 0.15) is 12.4 Å². The van der Waals surface area contributed by atoms with Gasteiger partial charge in [-0.1, -0.05) is 24.3 Å². The third-order valence-corrected chi connectivity index (χ3v) is 2.43. The van der Waals surface area contributed by atoms with Crippen LogP contribution in [0, 0.1) is 18.6 Å². The van der Waals surface area contributed by atoms with Crippen LogP contribution in [0.25, 0.3) is 0 Å². The maximum Gasteiger partial charge on any atom is 0.165 e. The van der Waals surface area contributed by atoms with E-state index in [1.165, 1.54) is 12.1 Å². The summed E-state index contributed by atoms with van der Waals surface area (Å²) in [5.41, 5.74) is 1.31. The summed E-state index contributed by atoms with van der Waals surface area (Å²) < 4.78 is 31.9. The quantitative estimate of drug-likeness (QED) is 0.783. The Morgan fingerprint density at radius 1 is 1.00 bits per heavy atom. The van der Waals surface area contributed by atoms with Crippen LogP contribution in [0.4, 0.5) is 8.78 Å². The number of halogens is 2. The summed E-state index contributed by atoms with van der Waals surface area (Å²) in [4.78, 5) is 0.